The molecule has 1 amide bonds. The van der Waals surface area contributed by atoms with Crippen LogP contribution in [0.25, 0.3) is 11.4 Å². The fraction of sp³-hybridized carbons (Fsp3) is 0.333. The minimum Gasteiger partial charge on any atom is -0.507 e. The lowest BCUT2D eigenvalue weighted by Gasteiger charge is -2.18. The third-order valence-electron chi connectivity index (χ3n) is 5.29. The number of nitrogens with two attached hydrogens (primary N) is 1. The SMILES string of the molecule is Cn1c(C(F)(F)F)cnc1-c1ccc(OCC(CNCCOc2ccc(O)c(C(N)=O)c2)OS(C)(=O)=O)cc1. The van der Waals surface area contributed by atoms with E-state index in [1.54, 1.807) is 0 Å². The summed E-state index contributed by atoms with van der Waals surface area (Å²) in [6, 6.07) is 10.1. The molecule has 0 saturated heterocycles. The number of hydrogen-bond donors (Lipinski definition) is 3. The van der Waals surface area contributed by atoms with Gasteiger partial charge in [-0.2, -0.15) is 21.6 Å². The maximum absolute atomic E-state index is 13.0. The smallest absolute Gasteiger partial charge is 0.433 e. The second kappa shape index (κ2) is 12.4. The van der Waals surface area contributed by atoms with Gasteiger partial charge in [0.05, 0.1) is 18.0 Å². The molecule has 0 aliphatic heterocycles. The van der Waals surface area contributed by atoms with Gasteiger partial charge in [0.1, 0.15) is 48.1 Å². The van der Waals surface area contributed by atoms with Crippen molar-refractivity contribution in [3.63, 3.8) is 0 Å². The van der Waals surface area contributed by atoms with E-state index in [0.29, 0.717) is 17.1 Å². The molecular weight excluding hydrogens is 545 g/mol. The number of phenols is 1. The number of nitrogens with zero attached hydrogens (tertiary/aromatic N) is 2. The van der Waals surface area contributed by atoms with Crippen LogP contribution < -0.4 is 20.5 Å². The van der Waals surface area contributed by atoms with Gasteiger partial charge in [0, 0.05) is 25.7 Å². The fourth-order valence-corrected chi connectivity index (χ4v) is 4.12. The number of rotatable bonds is 13. The zero-order valence-electron chi connectivity index (χ0n) is 20.9. The highest BCUT2D eigenvalue weighted by Crippen LogP contribution is 2.32. The number of ether oxygens (including phenoxy) is 2. The van der Waals surface area contributed by atoms with Gasteiger partial charge >= 0.3 is 6.18 Å². The molecule has 3 rings (SSSR count). The zero-order valence-corrected chi connectivity index (χ0v) is 21.8. The van der Waals surface area contributed by atoms with Crippen molar-refractivity contribution in [1.29, 1.82) is 0 Å². The second-order valence-corrected chi connectivity index (χ2v) is 9.98. The van der Waals surface area contributed by atoms with Crippen LogP contribution in [0.15, 0.2) is 48.7 Å². The first-order chi connectivity index (χ1) is 18.2. The van der Waals surface area contributed by atoms with Crippen molar-refractivity contribution >= 4 is 16.0 Å². The van der Waals surface area contributed by atoms with Crippen molar-refractivity contribution in [2.45, 2.75) is 12.3 Å². The van der Waals surface area contributed by atoms with Crippen molar-refractivity contribution in [1.82, 2.24) is 14.9 Å². The summed E-state index contributed by atoms with van der Waals surface area (Å²) in [4.78, 5) is 15.2. The Bertz CT molecular complexity index is 1390. The Morgan fingerprint density at radius 2 is 1.82 bits per heavy atom. The van der Waals surface area contributed by atoms with Crippen molar-refractivity contribution < 1.29 is 45.1 Å². The van der Waals surface area contributed by atoms with Crippen molar-refractivity contribution in [2.24, 2.45) is 12.8 Å². The number of primary amides is 1. The quantitative estimate of drug-likeness (QED) is 0.207. The lowest BCUT2D eigenvalue weighted by molar-refractivity contribution is -0.143. The Balaban J connectivity index is 1.53. The number of benzene rings is 2. The van der Waals surface area contributed by atoms with Crippen molar-refractivity contribution in [3.8, 4) is 28.6 Å². The molecule has 4 N–H and O–H groups in total. The van der Waals surface area contributed by atoms with E-state index in [4.69, 9.17) is 19.4 Å². The molecule has 3 aromatic rings. The normalized spacial score (nSPS) is 12.7. The first-order valence-corrected chi connectivity index (χ1v) is 13.2. The Morgan fingerprint density at radius 1 is 1.15 bits per heavy atom. The standard InChI is InChI=1S/C24H27F3N4O7S/c1-31-21(24(25,26)27)13-30-23(31)15-3-5-16(6-4-15)37-14-18(38-39(2,34)35)12-29-9-10-36-17-7-8-20(32)19(11-17)22(28)33/h3-8,11,13,18,29,32H,9-10,12,14H2,1-2H3,(H2,28,33). The van der Waals surface area contributed by atoms with E-state index >= 15 is 0 Å². The average Bonchev–Trinajstić information content (AvgIpc) is 3.24. The molecule has 0 fully saturated rings. The summed E-state index contributed by atoms with van der Waals surface area (Å²) < 4.78 is 79.6. The maximum atomic E-state index is 13.0. The van der Waals surface area contributed by atoms with Crippen LogP contribution >= 0.6 is 0 Å². The highest BCUT2D eigenvalue weighted by Gasteiger charge is 2.35. The van der Waals surface area contributed by atoms with Crippen molar-refractivity contribution in [2.75, 3.05) is 32.6 Å². The molecule has 1 atom stereocenters. The molecule has 39 heavy (non-hydrogen) atoms. The molecule has 0 bridgehead atoms. The van der Waals surface area contributed by atoms with E-state index in [2.05, 4.69) is 10.3 Å². The molecule has 11 nitrogen and oxygen atoms in total. The van der Waals surface area contributed by atoms with Gasteiger partial charge in [0.2, 0.25) is 0 Å². The van der Waals surface area contributed by atoms with Crippen LogP contribution in [0.4, 0.5) is 13.2 Å². The van der Waals surface area contributed by atoms with Crippen LogP contribution in [0.5, 0.6) is 17.2 Å². The number of aromatic nitrogens is 2. The third kappa shape index (κ3) is 8.59. The first-order valence-electron chi connectivity index (χ1n) is 11.4. The number of carbonyl (C=O) groups is 1. The maximum Gasteiger partial charge on any atom is 0.433 e. The highest BCUT2D eigenvalue weighted by atomic mass is 32.2. The number of halogens is 3. The number of imidazole rings is 1. The van der Waals surface area contributed by atoms with Crippen molar-refractivity contribution in [3.05, 3.63) is 59.9 Å². The summed E-state index contributed by atoms with van der Waals surface area (Å²) >= 11 is 0. The summed E-state index contributed by atoms with van der Waals surface area (Å²) in [6.07, 6.45) is -3.77. The van der Waals surface area contributed by atoms with Crippen LogP contribution in [0.3, 0.4) is 0 Å². The van der Waals surface area contributed by atoms with Gasteiger partial charge in [-0.1, -0.05) is 0 Å². The van der Waals surface area contributed by atoms with E-state index in [0.717, 1.165) is 17.0 Å². The molecule has 0 aliphatic rings. The van der Waals surface area contributed by atoms with E-state index in [1.165, 1.54) is 49.5 Å². The summed E-state index contributed by atoms with van der Waals surface area (Å²) in [5, 5.41) is 12.6. The van der Waals surface area contributed by atoms with Crippen LogP contribution in [0.1, 0.15) is 16.1 Å². The number of amides is 1. The predicted octanol–water partition coefficient (Wildman–Crippen LogP) is 2.30. The minimum absolute atomic E-state index is 0.0735. The largest absolute Gasteiger partial charge is 0.507 e. The number of carbonyl (C=O) groups excluding carboxylic acids is 1. The lowest BCUT2D eigenvalue weighted by Crippen LogP contribution is -2.37. The van der Waals surface area contributed by atoms with Gasteiger partial charge in [0.15, 0.2) is 0 Å². The number of nitrogens with one attached hydrogen (secondary N) is 1. The molecule has 1 unspecified atom stereocenters. The molecule has 15 heteroatoms. The molecule has 0 spiro atoms. The van der Waals surface area contributed by atoms with E-state index in [1.807, 2.05) is 0 Å². The molecule has 212 valence electrons. The Morgan fingerprint density at radius 3 is 2.41 bits per heavy atom. The summed E-state index contributed by atoms with van der Waals surface area (Å²) in [7, 11) is -2.54. The minimum atomic E-state index is -4.53. The molecule has 1 heterocycles. The van der Waals surface area contributed by atoms with Gasteiger partial charge in [-0.3, -0.25) is 8.98 Å². The van der Waals surface area contributed by atoms with Gasteiger partial charge < -0.3 is 30.2 Å². The number of hydrogen-bond acceptors (Lipinski definition) is 9. The fourth-order valence-electron chi connectivity index (χ4n) is 3.50. The Kier molecular flexibility index (Phi) is 9.42. The van der Waals surface area contributed by atoms with Gasteiger partial charge in [0.25, 0.3) is 16.0 Å². The zero-order chi connectivity index (χ0) is 28.8. The third-order valence-corrected chi connectivity index (χ3v) is 5.91. The predicted molar refractivity (Wildman–Crippen MR) is 134 cm³/mol. The molecule has 1 aromatic heterocycles. The van der Waals surface area contributed by atoms with Gasteiger partial charge in [-0.15, -0.1) is 0 Å². The summed E-state index contributed by atoms with van der Waals surface area (Å²) in [5.74, 6) is -0.308. The van der Waals surface area contributed by atoms with Gasteiger partial charge in [-0.25, -0.2) is 4.98 Å². The molecule has 0 aliphatic carbocycles. The van der Waals surface area contributed by atoms with E-state index in [-0.39, 0.29) is 43.4 Å². The molecule has 0 saturated carbocycles. The topological polar surface area (TPSA) is 155 Å². The first kappa shape index (κ1) is 29.7. The molecule has 2 aromatic carbocycles. The van der Waals surface area contributed by atoms with Crippen LogP contribution in [0, 0.1) is 0 Å². The molecular formula is C24H27F3N4O7S. The summed E-state index contributed by atoms with van der Waals surface area (Å²) in [5.41, 5.74) is 4.65. The molecule has 0 radical (unpaired) electrons. The second-order valence-electron chi connectivity index (χ2n) is 8.38. The summed E-state index contributed by atoms with van der Waals surface area (Å²) in [6.45, 7) is 0.333. The van der Waals surface area contributed by atoms with E-state index < -0.39 is 34.0 Å². The average molecular weight is 573 g/mol. The number of aromatic hydroxyl groups is 1. The Hall–Kier alpha value is -3.82. The highest BCUT2D eigenvalue weighted by molar-refractivity contribution is 7.86. The lowest BCUT2D eigenvalue weighted by atomic mass is 10.2. The van der Waals surface area contributed by atoms with Gasteiger partial charge in [-0.05, 0) is 42.5 Å². The van der Waals surface area contributed by atoms with E-state index in [9.17, 15) is 31.5 Å². The Labute approximate surface area is 222 Å². The van der Waals surface area contributed by atoms with Crippen LogP contribution in [-0.4, -0.2) is 67.6 Å². The van der Waals surface area contributed by atoms with Crippen LogP contribution in [-0.2, 0) is 27.5 Å². The number of alkyl halides is 3. The monoisotopic (exact) mass is 572 g/mol. The van der Waals surface area contributed by atoms with Crippen LogP contribution in [0.2, 0.25) is 0 Å².